The minimum absolute atomic E-state index is 0.257. The van der Waals surface area contributed by atoms with Gasteiger partial charge in [-0.25, -0.2) is 9.97 Å². The lowest BCUT2D eigenvalue weighted by atomic mass is 10.1. The minimum atomic E-state index is 0.257. The topological polar surface area (TPSA) is 55.0 Å². The van der Waals surface area contributed by atoms with E-state index in [0.717, 1.165) is 42.4 Å². The molecule has 2 N–H and O–H groups in total. The predicted molar refractivity (Wildman–Crippen MR) is 81.7 cm³/mol. The van der Waals surface area contributed by atoms with Gasteiger partial charge in [0, 0.05) is 36.5 Å². The van der Waals surface area contributed by atoms with E-state index >= 15 is 0 Å². The Kier molecular flexibility index (Phi) is 3.40. The maximum Gasteiger partial charge on any atom is 0.161 e. The summed E-state index contributed by atoms with van der Waals surface area (Å²) in [6.07, 6.45) is 1.03. The summed E-state index contributed by atoms with van der Waals surface area (Å²) in [4.78, 5) is 11.5. The van der Waals surface area contributed by atoms with Gasteiger partial charge in [0.25, 0.3) is 0 Å². The fourth-order valence-electron chi connectivity index (χ4n) is 2.54. The van der Waals surface area contributed by atoms with Gasteiger partial charge in [-0.3, -0.25) is 0 Å². The Labute approximate surface area is 119 Å². The molecule has 1 aromatic heterocycles. The van der Waals surface area contributed by atoms with Gasteiger partial charge < -0.3 is 10.6 Å². The van der Waals surface area contributed by atoms with E-state index < -0.39 is 0 Å². The number of nitrogens with two attached hydrogens (primary N) is 1. The van der Waals surface area contributed by atoms with Gasteiger partial charge in [0.05, 0.1) is 0 Å². The molecule has 1 aromatic carbocycles. The van der Waals surface area contributed by atoms with Gasteiger partial charge >= 0.3 is 0 Å². The third kappa shape index (κ3) is 2.65. The molecule has 0 spiro atoms. The summed E-state index contributed by atoms with van der Waals surface area (Å²) in [6, 6.07) is 10.6. The van der Waals surface area contributed by atoms with Gasteiger partial charge in [-0.15, -0.1) is 0 Å². The van der Waals surface area contributed by atoms with E-state index in [1.165, 1.54) is 5.56 Å². The molecule has 4 heteroatoms. The molecular weight excluding hydrogens is 248 g/mol. The predicted octanol–water partition coefficient (Wildman–Crippen LogP) is 2.30. The quantitative estimate of drug-likeness (QED) is 0.908. The number of aryl methyl sites for hydroxylation is 2. The molecule has 4 nitrogen and oxygen atoms in total. The maximum atomic E-state index is 5.98. The summed E-state index contributed by atoms with van der Waals surface area (Å²) in [7, 11) is 0. The van der Waals surface area contributed by atoms with Crippen LogP contribution in [-0.2, 0) is 0 Å². The Hall–Kier alpha value is -1.94. The number of hydrogen-bond donors (Lipinski definition) is 1. The molecular formula is C16H20N4. The van der Waals surface area contributed by atoms with Crippen molar-refractivity contribution in [1.29, 1.82) is 0 Å². The lowest BCUT2D eigenvalue weighted by Gasteiger charge is -2.18. The molecule has 104 valence electrons. The first-order valence-corrected chi connectivity index (χ1v) is 7.05. The fraction of sp³-hybridized carbons (Fsp3) is 0.375. The molecule has 1 unspecified atom stereocenters. The summed E-state index contributed by atoms with van der Waals surface area (Å²) in [5.74, 6) is 1.78. The Morgan fingerprint density at radius 1 is 1.15 bits per heavy atom. The summed E-state index contributed by atoms with van der Waals surface area (Å²) < 4.78 is 0. The smallest absolute Gasteiger partial charge is 0.161 e. The van der Waals surface area contributed by atoms with Gasteiger partial charge in [-0.1, -0.05) is 29.8 Å². The van der Waals surface area contributed by atoms with Crippen molar-refractivity contribution in [1.82, 2.24) is 9.97 Å². The number of aromatic nitrogens is 2. The number of anilines is 1. The van der Waals surface area contributed by atoms with E-state index in [2.05, 4.69) is 41.1 Å². The van der Waals surface area contributed by atoms with E-state index in [9.17, 15) is 0 Å². The number of rotatable bonds is 2. The van der Waals surface area contributed by atoms with E-state index in [1.807, 2.05) is 13.0 Å². The second-order valence-electron chi connectivity index (χ2n) is 5.55. The van der Waals surface area contributed by atoms with Crippen molar-refractivity contribution < 1.29 is 0 Å². The molecule has 3 rings (SSSR count). The highest BCUT2D eigenvalue weighted by molar-refractivity contribution is 5.58. The molecule has 2 aromatic rings. The van der Waals surface area contributed by atoms with E-state index in [1.54, 1.807) is 0 Å². The largest absolute Gasteiger partial charge is 0.355 e. The minimum Gasteiger partial charge on any atom is -0.355 e. The molecule has 2 heterocycles. The van der Waals surface area contributed by atoms with Gasteiger partial charge in [0.15, 0.2) is 5.82 Å². The SMILES string of the molecule is Cc1ccc(-c2nc(C)cc(N3CCC(N)C3)n2)cc1. The zero-order valence-electron chi connectivity index (χ0n) is 12.0. The Morgan fingerprint density at radius 3 is 2.55 bits per heavy atom. The van der Waals surface area contributed by atoms with Crippen molar-refractivity contribution in [2.45, 2.75) is 26.3 Å². The number of benzene rings is 1. The van der Waals surface area contributed by atoms with Gasteiger partial charge in [-0.2, -0.15) is 0 Å². The molecule has 1 aliphatic rings. The van der Waals surface area contributed by atoms with Gasteiger partial charge in [0.2, 0.25) is 0 Å². The van der Waals surface area contributed by atoms with Crippen LogP contribution < -0.4 is 10.6 Å². The van der Waals surface area contributed by atoms with Crippen molar-refractivity contribution in [2.24, 2.45) is 5.73 Å². The Bertz CT molecular complexity index is 606. The van der Waals surface area contributed by atoms with Crippen LogP contribution in [0, 0.1) is 13.8 Å². The summed E-state index contributed by atoms with van der Waals surface area (Å²) in [5, 5.41) is 0. The number of nitrogens with zero attached hydrogens (tertiary/aromatic N) is 3. The highest BCUT2D eigenvalue weighted by Crippen LogP contribution is 2.22. The molecule has 1 aliphatic heterocycles. The van der Waals surface area contributed by atoms with Crippen molar-refractivity contribution in [3.05, 3.63) is 41.6 Å². The first-order valence-electron chi connectivity index (χ1n) is 7.05. The van der Waals surface area contributed by atoms with Crippen LogP contribution in [0.4, 0.5) is 5.82 Å². The fourth-order valence-corrected chi connectivity index (χ4v) is 2.54. The third-order valence-electron chi connectivity index (χ3n) is 3.70. The zero-order chi connectivity index (χ0) is 14.1. The van der Waals surface area contributed by atoms with Crippen LogP contribution >= 0.6 is 0 Å². The molecule has 0 amide bonds. The van der Waals surface area contributed by atoms with E-state index in [-0.39, 0.29) is 6.04 Å². The van der Waals surface area contributed by atoms with Crippen molar-refractivity contribution in [2.75, 3.05) is 18.0 Å². The van der Waals surface area contributed by atoms with Crippen LogP contribution in [0.25, 0.3) is 11.4 Å². The monoisotopic (exact) mass is 268 g/mol. The van der Waals surface area contributed by atoms with Crippen LogP contribution in [-0.4, -0.2) is 29.1 Å². The average molecular weight is 268 g/mol. The first kappa shape index (κ1) is 13.1. The van der Waals surface area contributed by atoms with Gasteiger partial charge in [-0.05, 0) is 20.3 Å². The zero-order valence-corrected chi connectivity index (χ0v) is 12.0. The third-order valence-corrected chi connectivity index (χ3v) is 3.70. The van der Waals surface area contributed by atoms with E-state index in [0.29, 0.717) is 0 Å². The molecule has 0 aliphatic carbocycles. The molecule has 1 saturated heterocycles. The molecule has 1 atom stereocenters. The lowest BCUT2D eigenvalue weighted by Crippen LogP contribution is -2.27. The summed E-state index contributed by atoms with van der Waals surface area (Å²) >= 11 is 0. The summed E-state index contributed by atoms with van der Waals surface area (Å²) in [5.41, 5.74) is 9.28. The number of hydrogen-bond acceptors (Lipinski definition) is 4. The highest BCUT2D eigenvalue weighted by atomic mass is 15.2. The highest BCUT2D eigenvalue weighted by Gasteiger charge is 2.21. The standard InChI is InChI=1S/C16H20N4/c1-11-3-5-13(6-4-11)16-18-12(2)9-15(19-16)20-8-7-14(17)10-20/h3-6,9,14H,7-8,10,17H2,1-2H3. The molecule has 0 radical (unpaired) electrons. The van der Waals surface area contributed by atoms with Gasteiger partial charge in [0.1, 0.15) is 5.82 Å². The average Bonchev–Trinajstić information content (AvgIpc) is 2.85. The van der Waals surface area contributed by atoms with Crippen molar-refractivity contribution >= 4 is 5.82 Å². The second kappa shape index (κ2) is 5.21. The maximum absolute atomic E-state index is 5.98. The molecule has 20 heavy (non-hydrogen) atoms. The Balaban J connectivity index is 1.96. The second-order valence-corrected chi connectivity index (χ2v) is 5.55. The van der Waals surface area contributed by atoms with Crippen LogP contribution in [0.15, 0.2) is 30.3 Å². The van der Waals surface area contributed by atoms with Crippen LogP contribution in [0.1, 0.15) is 17.7 Å². The van der Waals surface area contributed by atoms with E-state index in [4.69, 9.17) is 10.7 Å². The molecule has 0 saturated carbocycles. The van der Waals surface area contributed by atoms with Crippen molar-refractivity contribution in [3.8, 4) is 11.4 Å². The first-order chi connectivity index (χ1) is 9.61. The van der Waals surface area contributed by atoms with Crippen LogP contribution in [0.2, 0.25) is 0 Å². The van der Waals surface area contributed by atoms with Crippen LogP contribution in [0.5, 0.6) is 0 Å². The lowest BCUT2D eigenvalue weighted by molar-refractivity contribution is 0.751. The molecule has 0 bridgehead atoms. The summed E-state index contributed by atoms with van der Waals surface area (Å²) in [6.45, 7) is 5.95. The van der Waals surface area contributed by atoms with Crippen LogP contribution in [0.3, 0.4) is 0 Å². The normalized spacial score (nSPS) is 18.6. The Morgan fingerprint density at radius 2 is 1.90 bits per heavy atom. The van der Waals surface area contributed by atoms with Crippen molar-refractivity contribution in [3.63, 3.8) is 0 Å². The molecule has 1 fully saturated rings.